The van der Waals surface area contributed by atoms with E-state index in [0.717, 1.165) is 6.54 Å². The first-order chi connectivity index (χ1) is 5.61. The molecule has 0 heterocycles. The largest absolute Gasteiger partial charge is 0.300 e. The average Bonchev–Trinajstić information content (AvgIpc) is 2.03. The maximum Gasteiger partial charge on any atom is 0.0233 e. The van der Waals surface area contributed by atoms with E-state index in [2.05, 4.69) is 39.0 Å². The SMILES string of the molecule is C=C/C=C(\C=C)CN(C)C(C)C. The van der Waals surface area contributed by atoms with Gasteiger partial charge in [-0.2, -0.15) is 0 Å². The Kier molecular flexibility index (Phi) is 5.39. The maximum atomic E-state index is 3.75. The standard InChI is InChI=1S/C11H19N/c1-6-8-11(7-2)9-12(5)10(3)4/h6-8,10H,1-2,9H2,3-5H3/b11-8+. The van der Waals surface area contributed by atoms with E-state index in [1.54, 1.807) is 6.08 Å². The van der Waals surface area contributed by atoms with Gasteiger partial charge in [-0.1, -0.05) is 31.4 Å². The Bertz CT molecular complexity index is 177. The van der Waals surface area contributed by atoms with Gasteiger partial charge in [0.05, 0.1) is 0 Å². The molecule has 0 spiro atoms. The number of hydrogen-bond acceptors (Lipinski definition) is 1. The second-order valence-electron chi connectivity index (χ2n) is 3.19. The molecule has 0 fully saturated rings. The van der Waals surface area contributed by atoms with E-state index < -0.39 is 0 Å². The van der Waals surface area contributed by atoms with E-state index in [0.29, 0.717) is 6.04 Å². The van der Waals surface area contributed by atoms with Crippen LogP contribution in [0.5, 0.6) is 0 Å². The molecule has 0 unspecified atom stereocenters. The molecule has 0 aromatic carbocycles. The molecule has 0 aliphatic rings. The molecule has 1 nitrogen and oxygen atoms in total. The van der Waals surface area contributed by atoms with Gasteiger partial charge in [0.1, 0.15) is 0 Å². The first-order valence-electron chi connectivity index (χ1n) is 4.26. The van der Waals surface area contributed by atoms with Gasteiger partial charge in [-0.3, -0.25) is 4.90 Å². The maximum absolute atomic E-state index is 3.75. The first kappa shape index (κ1) is 11.2. The lowest BCUT2D eigenvalue weighted by molar-refractivity contribution is 0.299. The normalized spacial score (nSPS) is 12.2. The van der Waals surface area contributed by atoms with Gasteiger partial charge in [0.25, 0.3) is 0 Å². The summed E-state index contributed by atoms with van der Waals surface area (Å²) in [5, 5.41) is 0. The lowest BCUT2D eigenvalue weighted by Gasteiger charge is -2.21. The van der Waals surface area contributed by atoms with Crippen molar-refractivity contribution in [2.75, 3.05) is 13.6 Å². The molecule has 1 heteroatoms. The minimum atomic E-state index is 0.568. The third-order valence-electron chi connectivity index (χ3n) is 1.91. The van der Waals surface area contributed by atoms with Crippen molar-refractivity contribution in [1.29, 1.82) is 0 Å². The number of nitrogens with zero attached hydrogens (tertiary/aromatic N) is 1. The van der Waals surface area contributed by atoms with Gasteiger partial charge in [-0.05, 0) is 26.5 Å². The van der Waals surface area contributed by atoms with E-state index >= 15 is 0 Å². The Morgan fingerprint density at radius 1 is 1.42 bits per heavy atom. The van der Waals surface area contributed by atoms with E-state index in [1.165, 1.54) is 5.57 Å². The second kappa shape index (κ2) is 5.78. The minimum absolute atomic E-state index is 0.568. The van der Waals surface area contributed by atoms with Crippen LogP contribution in [0.15, 0.2) is 37.0 Å². The zero-order valence-electron chi connectivity index (χ0n) is 8.38. The Morgan fingerprint density at radius 2 is 2.00 bits per heavy atom. The fourth-order valence-electron chi connectivity index (χ4n) is 0.807. The van der Waals surface area contributed by atoms with Gasteiger partial charge in [-0.15, -0.1) is 0 Å². The molecule has 0 aromatic rings. The van der Waals surface area contributed by atoms with Crippen molar-refractivity contribution in [3.63, 3.8) is 0 Å². The van der Waals surface area contributed by atoms with E-state index in [4.69, 9.17) is 0 Å². The van der Waals surface area contributed by atoms with Crippen molar-refractivity contribution in [2.45, 2.75) is 19.9 Å². The minimum Gasteiger partial charge on any atom is -0.300 e. The molecule has 0 rings (SSSR count). The summed E-state index contributed by atoms with van der Waals surface area (Å²) < 4.78 is 0. The second-order valence-corrected chi connectivity index (χ2v) is 3.19. The van der Waals surface area contributed by atoms with Gasteiger partial charge in [0.2, 0.25) is 0 Å². The molecule has 0 radical (unpaired) electrons. The summed E-state index contributed by atoms with van der Waals surface area (Å²) in [6.07, 6.45) is 5.66. The van der Waals surface area contributed by atoms with Crippen molar-refractivity contribution in [2.24, 2.45) is 0 Å². The molecular weight excluding hydrogens is 146 g/mol. The Morgan fingerprint density at radius 3 is 2.33 bits per heavy atom. The Labute approximate surface area is 76.1 Å². The topological polar surface area (TPSA) is 3.24 Å². The van der Waals surface area contributed by atoms with Crippen molar-refractivity contribution in [3.05, 3.63) is 37.0 Å². The number of rotatable bonds is 5. The highest BCUT2D eigenvalue weighted by atomic mass is 15.1. The Balaban J connectivity index is 4.11. The summed E-state index contributed by atoms with van der Waals surface area (Å²) in [5.74, 6) is 0. The number of hydrogen-bond donors (Lipinski definition) is 0. The molecule has 0 saturated carbocycles. The summed E-state index contributed by atoms with van der Waals surface area (Å²) in [4.78, 5) is 2.26. The van der Waals surface area contributed by atoms with E-state index in [1.807, 2.05) is 12.2 Å². The third kappa shape index (κ3) is 4.14. The van der Waals surface area contributed by atoms with Crippen LogP contribution in [-0.2, 0) is 0 Å². The van der Waals surface area contributed by atoms with Crippen LogP contribution in [0, 0.1) is 0 Å². The van der Waals surface area contributed by atoms with Gasteiger partial charge in [0, 0.05) is 12.6 Å². The Hall–Kier alpha value is -0.820. The van der Waals surface area contributed by atoms with Crippen molar-refractivity contribution in [1.82, 2.24) is 4.90 Å². The molecule has 0 aliphatic carbocycles. The summed E-state index contributed by atoms with van der Waals surface area (Å²) >= 11 is 0. The molecule has 0 N–H and O–H groups in total. The summed E-state index contributed by atoms with van der Waals surface area (Å²) in [7, 11) is 2.10. The zero-order valence-corrected chi connectivity index (χ0v) is 8.38. The molecule has 0 aromatic heterocycles. The molecule has 0 atom stereocenters. The highest BCUT2D eigenvalue weighted by Crippen LogP contribution is 2.02. The van der Waals surface area contributed by atoms with Crippen LogP contribution < -0.4 is 0 Å². The van der Waals surface area contributed by atoms with Crippen LogP contribution in [-0.4, -0.2) is 24.5 Å². The van der Waals surface area contributed by atoms with E-state index in [-0.39, 0.29) is 0 Å². The predicted molar refractivity (Wildman–Crippen MR) is 56.2 cm³/mol. The van der Waals surface area contributed by atoms with Gasteiger partial charge in [0.15, 0.2) is 0 Å². The van der Waals surface area contributed by atoms with Gasteiger partial charge >= 0.3 is 0 Å². The monoisotopic (exact) mass is 165 g/mol. The van der Waals surface area contributed by atoms with Crippen molar-refractivity contribution in [3.8, 4) is 0 Å². The highest BCUT2D eigenvalue weighted by molar-refractivity contribution is 5.22. The van der Waals surface area contributed by atoms with Crippen LogP contribution in [0.3, 0.4) is 0 Å². The third-order valence-corrected chi connectivity index (χ3v) is 1.91. The van der Waals surface area contributed by atoms with Crippen LogP contribution in [0.4, 0.5) is 0 Å². The average molecular weight is 165 g/mol. The predicted octanol–water partition coefficient (Wildman–Crippen LogP) is 2.63. The van der Waals surface area contributed by atoms with Gasteiger partial charge < -0.3 is 0 Å². The summed E-state index contributed by atoms with van der Waals surface area (Å²) in [6, 6.07) is 0.568. The van der Waals surface area contributed by atoms with E-state index in [9.17, 15) is 0 Å². The summed E-state index contributed by atoms with van der Waals surface area (Å²) in [5.41, 5.74) is 1.21. The van der Waals surface area contributed by atoms with Gasteiger partial charge in [-0.25, -0.2) is 0 Å². The number of likely N-dealkylation sites (N-methyl/N-ethyl adjacent to an activating group) is 1. The number of allylic oxidation sites excluding steroid dienone is 2. The fourth-order valence-corrected chi connectivity index (χ4v) is 0.807. The zero-order chi connectivity index (χ0) is 9.56. The van der Waals surface area contributed by atoms with Crippen LogP contribution in [0.25, 0.3) is 0 Å². The molecule has 0 aliphatic heterocycles. The molecular formula is C11H19N. The lowest BCUT2D eigenvalue weighted by Crippen LogP contribution is -2.27. The molecule has 0 bridgehead atoms. The van der Waals surface area contributed by atoms with Crippen molar-refractivity contribution >= 4 is 0 Å². The fraction of sp³-hybridized carbons (Fsp3) is 0.455. The lowest BCUT2D eigenvalue weighted by atomic mass is 10.2. The van der Waals surface area contributed by atoms with Crippen LogP contribution in [0.1, 0.15) is 13.8 Å². The van der Waals surface area contributed by atoms with Crippen LogP contribution in [0.2, 0.25) is 0 Å². The highest BCUT2D eigenvalue weighted by Gasteiger charge is 2.02. The van der Waals surface area contributed by atoms with Crippen molar-refractivity contribution < 1.29 is 0 Å². The smallest absolute Gasteiger partial charge is 0.0233 e. The molecule has 68 valence electrons. The quantitative estimate of drug-likeness (QED) is 0.566. The summed E-state index contributed by atoms with van der Waals surface area (Å²) in [6.45, 7) is 12.7. The molecule has 12 heavy (non-hydrogen) atoms. The first-order valence-corrected chi connectivity index (χ1v) is 4.26. The molecule has 0 amide bonds. The molecule has 0 saturated heterocycles. The van der Waals surface area contributed by atoms with Crippen LogP contribution >= 0.6 is 0 Å².